The van der Waals surface area contributed by atoms with Crippen LogP contribution in [0.3, 0.4) is 0 Å². The maximum atomic E-state index is 12.3. The zero-order valence-corrected chi connectivity index (χ0v) is 12.4. The first-order valence-corrected chi connectivity index (χ1v) is 6.78. The van der Waals surface area contributed by atoms with Crippen molar-refractivity contribution >= 4 is 5.78 Å². The van der Waals surface area contributed by atoms with Crippen molar-refractivity contribution < 1.29 is 4.79 Å². The van der Waals surface area contributed by atoms with Crippen molar-refractivity contribution in [3.05, 3.63) is 57.8 Å². The number of hydrogen-bond acceptors (Lipinski definition) is 2. The predicted octanol–water partition coefficient (Wildman–Crippen LogP) is 2.73. The molecular formula is C16H20N2O2. The van der Waals surface area contributed by atoms with E-state index < -0.39 is 0 Å². The lowest BCUT2D eigenvalue weighted by molar-refractivity contribution is 0.0970. The molecule has 0 saturated heterocycles. The molecule has 0 bridgehead atoms. The van der Waals surface area contributed by atoms with Gasteiger partial charge in [-0.3, -0.25) is 13.9 Å². The molecule has 0 saturated carbocycles. The molecule has 0 fully saturated rings. The van der Waals surface area contributed by atoms with E-state index in [1.54, 1.807) is 17.0 Å². The van der Waals surface area contributed by atoms with E-state index >= 15 is 0 Å². The fourth-order valence-electron chi connectivity index (χ4n) is 2.22. The van der Waals surface area contributed by atoms with E-state index in [1.165, 1.54) is 4.57 Å². The summed E-state index contributed by atoms with van der Waals surface area (Å²) < 4.78 is 3.08. The Morgan fingerprint density at radius 2 is 1.90 bits per heavy atom. The smallest absolute Gasteiger partial charge is 0.297 e. The van der Waals surface area contributed by atoms with Crippen molar-refractivity contribution in [3.8, 4) is 0 Å². The largest absolute Gasteiger partial charge is 0.328 e. The van der Waals surface area contributed by atoms with Crippen LogP contribution in [-0.2, 0) is 6.54 Å². The van der Waals surface area contributed by atoms with Crippen LogP contribution in [0, 0.1) is 13.8 Å². The van der Waals surface area contributed by atoms with Crippen molar-refractivity contribution in [2.75, 3.05) is 0 Å². The molecule has 1 aromatic heterocycles. The van der Waals surface area contributed by atoms with Gasteiger partial charge in [0.05, 0.1) is 6.54 Å². The molecule has 0 aliphatic carbocycles. The Morgan fingerprint density at radius 3 is 2.50 bits per heavy atom. The van der Waals surface area contributed by atoms with Gasteiger partial charge < -0.3 is 0 Å². The topological polar surface area (TPSA) is 44.0 Å². The molecule has 0 radical (unpaired) electrons. The van der Waals surface area contributed by atoms with Crippen LogP contribution < -0.4 is 5.69 Å². The van der Waals surface area contributed by atoms with Gasteiger partial charge in [0.2, 0.25) is 0 Å². The number of rotatable bonds is 4. The lowest BCUT2D eigenvalue weighted by Crippen LogP contribution is -2.27. The Labute approximate surface area is 118 Å². The van der Waals surface area contributed by atoms with Gasteiger partial charge in [0.25, 0.3) is 0 Å². The van der Waals surface area contributed by atoms with Gasteiger partial charge in [0.15, 0.2) is 5.78 Å². The van der Waals surface area contributed by atoms with E-state index in [-0.39, 0.29) is 24.1 Å². The number of nitrogens with zero attached hydrogens (tertiary/aromatic N) is 2. The summed E-state index contributed by atoms with van der Waals surface area (Å²) >= 11 is 0. The number of hydrogen-bond donors (Lipinski definition) is 0. The molecular weight excluding hydrogens is 252 g/mol. The van der Waals surface area contributed by atoms with Gasteiger partial charge in [-0.25, -0.2) is 4.79 Å². The number of Topliss-reactive ketones (excluding diaryl/α,β-unsaturated/α-hetero) is 1. The molecule has 4 nitrogen and oxygen atoms in total. The normalized spacial score (nSPS) is 11.1. The average Bonchev–Trinajstić information content (AvgIpc) is 2.74. The number of aromatic nitrogens is 2. The Kier molecular flexibility index (Phi) is 3.93. The molecule has 2 rings (SSSR count). The van der Waals surface area contributed by atoms with E-state index in [4.69, 9.17) is 0 Å². The second-order valence-electron chi connectivity index (χ2n) is 5.45. The molecule has 0 amide bonds. The fourth-order valence-corrected chi connectivity index (χ4v) is 2.22. The zero-order chi connectivity index (χ0) is 14.9. The van der Waals surface area contributed by atoms with Gasteiger partial charge in [-0.05, 0) is 39.3 Å². The van der Waals surface area contributed by atoms with Crippen LogP contribution >= 0.6 is 0 Å². The van der Waals surface area contributed by atoms with Crippen LogP contribution in [0.25, 0.3) is 0 Å². The van der Waals surface area contributed by atoms with Gasteiger partial charge >= 0.3 is 5.69 Å². The second-order valence-corrected chi connectivity index (χ2v) is 5.45. The van der Waals surface area contributed by atoms with E-state index in [0.29, 0.717) is 5.56 Å². The minimum absolute atomic E-state index is 0.0326. The quantitative estimate of drug-likeness (QED) is 0.803. The van der Waals surface area contributed by atoms with Crippen LogP contribution in [0.15, 0.2) is 35.4 Å². The predicted molar refractivity (Wildman–Crippen MR) is 79.3 cm³/mol. The first-order chi connectivity index (χ1) is 9.40. The minimum Gasteiger partial charge on any atom is -0.297 e. The van der Waals surface area contributed by atoms with Crippen LogP contribution in [-0.4, -0.2) is 14.9 Å². The van der Waals surface area contributed by atoms with Crippen molar-refractivity contribution in [1.82, 2.24) is 9.13 Å². The van der Waals surface area contributed by atoms with Crippen molar-refractivity contribution in [1.29, 1.82) is 0 Å². The Morgan fingerprint density at radius 1 is 1.20 bits per heavy atom. The third kappa shape index (κ3) is 2.74. The standard InChI is InChI=1S/C16H20N2O2/c1-11(2)18-8-7-17(16(18)20)10-15(19)14-9-12(3)5-6-13(14)4/h5-9,11H,10H2,1-4H3. The molecule has 1 heterocycles. The van der Waals surface area contributed by atoms with Gasteiger partial charge in [0.1, 0.15) is 0 Å². The van der Waals surface area contributed by atoms with E-state index in [1.807, 2.05) is 45.9 Å². The van der Waals surface area contributed by atoms with E-state index in [9.17, 15) is 9.59 Å². The number of carbonyl (C=O) groups excluding carboxylic acids is 1. The summed E-state index contributed by atoms with van der Waals surface area (Å²) in [7, 11) is 0. The monoisotopic (exact) mass is 272 g/mol. The third-order valence-corrected chi connectivity index (χ3v) is 3.44. The van der Waals surface area contributed by atoms with Crippen LogP contribution in [0.1, 0.15) is 41.4 Å². The Balaban J connectivity index is 2.28. The highest BCUT2D eigenvalue weighted by Crippen LogP contribution is 2.12. The SMILES string of the molecule is Cc1ccc(C)c(C(=O)Cn2ccn(C(C)C)c2=O)c1. The lowest BCUT2D eigenvalue weighted by atomic mass is 10.0. The maximum absolute atomic E-state index is 12.3. The highest BCUT2D eigenvalue weighted by molar-refractivity contribution is 5.97. The second kappa shape index (κ2) is 5.49. The average molecular weight is 272 g/mol. The molecule has 0 unspecified atom stereocenters. The molecule has 4 heteroatoms. The van der Waals surface area contributed by atoms with Crippen molar-refractivity contribution in [2.24, 2.45) is 0 Å². The molecule has 2 aromatic rings. The summed E-state index contributed by atoms with van der Waals surface area (Å²) in [5.41, 5.74) is 2.54. The molecule has 0 N–H and O–H groups in total. The highest BCUT2D eigenvalue weighted by Gasteiger charge is 2.13. The molecule has 0 atom stereocenters. The number of benzene rings is 1. The fraction of sp³-hybridized carbons (Fsp3) is 0.375. The minimum atomic E-state index is -0.140. The summed E-state index contributed by atoms with van der Waals surface area (Å²) in [4.78, 5) is 24.5. The summed E-state index contributed by atoms with van der Waals surface area (Å²) in [6, 6.07) is 5.89. The molecule has 0 aliphatic rings. The van der Waals surface area contributed by atoms with E-state index in [0.717, 1.165) is 11.1 Å². The van der Waals surface area contributed by atoms with Gasteiger partial charge in [-0.2, -0.15) is 0 Å². The first kappa shape index (κ1) is 14.3. The first-order valence-electron chi connectivity index (χ1n) is 6.78. The van der Waals surface area contributed by atoms with Crippen LogP contribution in [0.4, 0.5) is 0 Å². The molecule has 0 aliphatic heterocycles. The molecule has 1 aromatic carbocycles. The van der Waals surface area contributed by atoms with Crippen molar-refractivity contribution in [2.45, 2.75) is 40.3 Å². The Hall–Kier alpha value is -2.10. The highest BCUT2D eigenvalue weighted by atomic mass is 16.2. The van der Waals surface area contributed by atoms with E-state index in [2.05, 4.69) is 0 Å². The summed E-state index contributed by atoms with van der Waals surface area (Å²) in [6.45, 7) is 7.84. The molecule has 0 spiro atoms. The maximum Gasteiger partial charge on any atom is 0.328 e. The summed E-state index contributed by atoms with van der Waals surface area (Å²) in [6.07, 6.45) is 3.40. The third-order valence-electron chi connectivity index (χ3n) is 3.44. The molecule has 106 valence electrons. The number of ketones is 1. The summed E-state index contributed by atoms with van der Waals surface area (Å²) in [5.74, 6) is -0.0326. The van der Waals surface area contributed by atoms with Gasteiger partial charge in [-0.15, -0.1) is 0 Å². The number of imidazole rings is 1. The number of carbonyl (C=O) groups is 1. The van der Waals surface area contributed by atoms with Gasteiger partial charge in [0, 0.05) is 24.0 Å². The summed E-state index contributed by atoms with van der Waals surface area (Å²) in [5, 5.41) is 0. The van der Waals surface area contributed by atoms with Crippen LogP contribution in [0.5, 0.6) is 0 Å². The van der Waals surface area contributed by atoms with Gasteiger partial charge in [-0.1, -0.05) is 17.7 Å². The van der Waals surface area contributed by atoms with Crippen LogP contribution in [0.2, 0.25) is 0 Å². The van der Waals surface area contributed by atoms with Crippen molar-refractivity contribution in [3.63, 3.8) is 0 Å². The number of aryl methyl sites for hydroxylation is 2. The zero-order valence-electron chi connectivity index (χ0n) is 12.4. The Bertz CT molecular complexity index is 693. The lowest BCUT2D eigenvalue weighted by Gasteiger charge is -2.07. The molecule has 20 heavy (non-hydrogen) atoms.